The highest BCUT2D eigenvalue weighted by Gasteiger charge is 2.16. The average molecular weight is 238 g/mol. The van der Waals surface area contributed by atoms with Gasteiger partial charge in [-0.25, -0.2) is 0 Å². The van der Waals surface area contributed by atoms with Gasteiger partial charge in [0.15, 0.2) is 0 Å². The van der Waals surface area contributed by atoms with E-state index in [1.54, 1.807) is 0 Å². The molecule has 1 rings (SSSR count). The fourth-order valence-corrected chi connectivity index (χ4v) is 2.55. The van der Waals surface area contributed by atoms with Crippen LogP contribution in [0.25, 0.3) is 0 Å². The van der Waals surface area contributed by atoms with Gasteiger partial charge in [-0.2, -0.15) is 0 Å². The SMILES string of the molecule is C=C(CC)CNCCCN(C)C1CCCCC1. The largest absolute Gasteiger partial charge is 0.313 e. The molecule has 1 saturated carbocycles. The fraction of sp³-hybridized carbons (Fsp3) is 0.867. The van der Waals surface area contributed by atoms with Gasteiger partial charge in [0.2, 0.25) is 0 Å². The monoisotopic (exact) mass is 238 g/mol. The van der Waals surface area contributed by atoms with E-state index in [4.69, 9.17) is 0 Å². The summed E-state index contributed by atoms with van der Waals surface area (Å²) >= 11 is 0. The molecule has 1 aliphatic carbocycles. The molecule has 1 N–H and O–H groups in total. The van der Waals surface area contributed by atoms with E-state index in [2.05, 4.69) is 30.8 Å². The van der Waals surface area contributed by atoms with Gasteiger partial charge >= 0.3 is 0 Å². The summed E-state index contributed by atoms with van der Waals surface area (Å²) in [4.78, 5) is 2.56. The Balaban J connectivity index is 1.99. The highest BCUT2D eigenvalue weighted by atomic mass is 15.1. The molecule has 2 heteroatoms. The van der Waals surface area contributed by atoms with Gasteiger partial charge in [-0.1, -0.05) is 38.3 Å². The van der Waals surface area contributed by atoms with Gasteiger partial charge in [0.25, 0.3) is 0 Å². The maximum Gasteiger partial charge on any atom is 0.0161 e. The minimum atomic E-state index is 0.856. The molecule has 0 aromatic rings. The summed E-state index contributed by atoms with van der Waals surface area (Å²) in [7, 11) is 2.29. The molecule has 0 aromatic heterocycles. The van der Waals surface area contributed by atoms with E-state index in [0.717, 1.165) is 25.6 Å². The molecule has 0 atom stereocenters. The van der Waals surface area contributed by atoms with Gasteiger partial charge in [0, 0.05) is 12.6 Å². The van der Waals surface area contributed by atoms with Gasteiger partial charge in [-0.05, 0) is 45.8 Å². The van der Waals surface area contributed by atoms with E-state index in [0.29, 0.717) is 0 Å². The summed E-state index contributed by atoms with van der Waals surface area (Å²) in [6, 6.07) is 0.856. The first-order valence-corrected chi connectivity index (χ1v) is 7.31. The zero-order valence-electron chi connectivity index (χ0n) is 11.8. The summed E-state index contributed by atoms with van der Waals surface area (Å²) in [5.74, 6) is 0. The van der Waals surface area contributed by atoms with Crippen LogP contribution >= 0.6 is 0 Å². The van der Waals surface area contributed by atoms with Crippen molar-refractivity contribution in [2.75, 3.05) is 26.7 Å². The Bertz CT molecular complexity index is 207. The minimum Gasteiger partial charge on any atom is -0.313 e. The number of nitrogens with one attached hydrogen (secondary N) is 1. The standard InChI is InChI=1S/C15H30N2/c1-4-14(2)13-16-11-8-12-17(3)15-9-6-5-7-10-15/h15-16H,2,4-13H2,1,3H3. The van der Waals surface area contributed by atoms with Crippen LogP contribution in [0.3, 0.4) is 0 Å². The van der Waals surface area contributed by atoms with Crippen LogP contribution in [-0.4, -0.2) is 37.6 Å². The molecule has 17 heavy (non-hydrogen) atoms. The summed E-state index contributed by atoms with van der Waals surface area (Å²) in [6.45, 7) is 9.52. The molecule has 0 radical (unpaired) electrons. The van der Waals surface area contributed by atoms with Crippen LogP contribution in [0.2, 0.25) is 0 Å². The third kappa shape index (κ3) is 6.23. The molecule has 0 saturated heterocycles. The van der Waals surface area contributed by atoms with E-state index in [9.17, 15) is 0 Å². The fourth-order valence-electron chi connectivity index (χ4n) is 2.55. The van der Waals surface area contributed by atoms with Crippen LogP contribution in [0.15, 0.2) is 12.2 Å². The molecule has 0 amide bonds. The lowest BCUT2D eigenvalue weighted by atomic mass is 9.94. The van der Waals surface area contributed by atoms with Crippen molar-refractivity contribution in [3.63, 3.8) is 0 Å². The molecular formula is C15H30N2. The zero-order valence-corrected chi connectivity index (χ0v) is 11.8. The highest BCUT2D eigenvalue weighted by molar-refractivity contribution is 4.94. The molecule has 100 valence electrons. The second kappa shape index (κ2) is 8.71. The van der Waals surface area contributed by atoms with Crippen LogP contribution in [0, 0.1) is 0 Å². The van der Waals surface area contributed by atoms with E-state index in [1.807, 2.05) is 0 Å². The Hall–Kier alpha value is -0.340. The Morgan fingerprint density at radius 2 is 2.00 bits per heavy atom. The molecule has 1 fully saturated rings. The van der Waals surface area contributed by atoms with Crippen molar-refractivity contribution in [3.05, 3.63) is 12.2 Å². The van der Waals surface area contributed by atoms with Crippen molar-refractivity contribution in [2.24, 2.45) is 0 Å². The minimum absolute atomic E-state index is 0.856. The second-order valence-corrected chi connectivity index (χ2v) is 5.41. The van der Waals surface area contributed by atoms with Gasteiger partial charge in [0.05, 0.1) is 0 Å². The van der Waals surface area contributed by atoms with Crippen molar-refractivity contribution in [1.29, 1.82) is 0 Å². The van der Waals surface area contributed by atoms with Gasteiger partial charge in [0.1, 0.15) is 0 Å². The maximum absolute atomic E-state index is 4.01. The summed E-state index contributed by atoms with van der Waals surface area (Å²) in [5.41, 5.74) is 1.31. The summed E-state index contributed by atoms with van der Waals surface area (Å²) < 4.78 is 0. The second-order valence-electron chi connectivity index (χ2n) is 5.41. The zero-order chi connectivity index (χ0) is 12.5. The molecule has 0 bridgehead atoms. The lowest BCUT2D eigenvalue weighted by molar-refractivity contribution is 0.190. The summed E-state index contributed by atoms with van der Waals surface area (Å²) in [6.07, 6.45) is 9.49. The molecule has 1 aliphatic rings. The highest BCUT2D eigenvalue weighted by Crippen LogP contribution is 2.21. The summed E-state index contributed by atoms with van der Waals surface area (Å²) in [5, 5.41) is 3.47. The van der Waals surface area contributed by atoms with Gasteiger partial charge < -0.3 is 10.2 Å². The number of hydrogen-bond donors (Lipinski definition) is 1. The molecular weight excluding hydrogens is 208 g/mol. The van der Waals surface area contributed by atoms with Crippen molar-refractivity contribution in [3.8, 4) is 0 Å². The third-order valence-corrected chi connectivity index (χ3v) is 3.94. The van der Waals surface area contributed by atoms with Gasteiger partial charge in [-0.15, -0.1) is 0 Å². The van der Waals surface area contributed by atoms with E-state index in [1.165, 1.54) is 50.6 Å². The number of rotatable bonds is 8. The van der Waals surface area contributed by atoms with Crippen LogP contribution in [-0.2, 0) is 0 Å². The van der Waals surface area contributed by atoms with Crippen molar-refractivity contribution in [2.45, 2.75) is 57.9 Å². The topological polar surface area (TPSA) is 15.3 Å². The lowest BCUT2D eigenvalue weighted by Gasteiger charge is -2.31. The quantitative estimate of drug-likeness (QED) is 0.516. The maximum atomic E-state index is 4.01. The van der Waals surface area contributed by atoms with E-state index < -0.39 is 0 Å². The third-order valence-electron chi connectivity index (χ3n) is 3.94. The van der Waals surface area contributed by atoms with Crippen LogP contribution < -0.4 is 5.32 Å². The van der Waals surface area contributed by atoms with Crippen molar-refractivity contribution >= 4 is 0 Å². The average Bonchev–Trinajstić information content (AvgIpc) is 2.38. The van der Waals surface area contributed by atoms with Crippen molar-refractivity contribution < 1.29 is 0 Å². The smallest absolute Gasteiger partial charge is 0.0161 e. The van der Waals surface area contributed by atoms with E-state index in [-0.39, 0.29) is 0 Å². The first-order chi connectivity index (χ1) is 8.24. The number of nitrogens with zero attached hydrogens (tertiary/aromatic N) is 1. The molecule has 2 nitrogen and oxygen atoms in total. The molecule has 0 aromatic carbocycles. The number of hydrogen-bond acceptors (Lipinski definition) is 2. The normalized spacial score (nSPS) is 17.6. The predicted molar refractivity (Wildman–Crippen MR) is 76.4 cm³/mol. The Morgan fingerprint density at radius 1 is 1.29 bits per heavy atom. The Labute approximate surface area is 107 Å². The molecule has 0 aliphatic heterocycles. The first-order valence-electron chi connectivity index (χ1n) is 7.31. The Morgan fingerprint density at radius 3 is 2.65 bits per heavy atom. The van der Waals surface area contributed by atoms with E-state index >= 15 is 0 Å². The van der Waals surface area contributed by atoms with Crippen LogP contribution in [0.1, 0.15) is 51.9 Å². The molecule has 0 spiro atoms. The predicted octanol–water partition coefficient (Wildman–Crippen LogP) is 3.20. The van der Waals surface area contributed by atoms with Gasteiger partial charge in [-0.3, -0.25) is 0 Å². The lowest BCUT2D eigenvalue weighted by Crippen LogP contribution is -2.35. The first kappa shape index (κ1) is 14.7. The molecule has 0 unspecified atom stereocenters. The van der Waals surface area contributed by atoms with Crippen LogP contribution in [0.4, 0.5) is 0 Å². The molecule has 0 heterocycles. The van der Waals surface area contributed by atoms with Crippen molar-refractivity contribution in [1.82, 2.24) is 10.2 Å². The Kier molecular flexibility index (Phi) is 7.54. The van der Waals surface area contributed by atoms with Crippen LogP contribution in [0.5, 0.6) is 0 Å².